The molecule has 1 heteroatoms. The highest BCUT2D eigenvalue weighted by atomic mass is 15.1. The van der Waals surface area contributed by atoms with Gasteiger partial charge in [0.25, 0.3) is 0 Å². The minimum atomic E-state index is 0.727. The van der Waals surface area contributed by atoms with Crippen LogP contribution in [0.25, 0.3) is 10.8 Å². The van der Waals surface area contributed by atoms with Crippen LogP contribution >= 0.6 is 0 Å². The Bertz CT molecular complexity index is 741. The van der Waals surface area contributed by atoms with E-state index in [9.17, 15) is 0 Å². The van der Waals surface area contributed by atoms with Crippen molar-refractivity contribution in [1.29, 1.82) is 0 Å². The molecule has 3 fully saturated rings. The van der Waals surface area contributed by atoms with Gasteiger partial charge in [-0.1, -0.05) is 55.7 Å². The van der Waals surface area contributed by atoms with Gasteiger partial charge in [-0.3, -0.25) is 4.90 Å². The van der Waals surface area contributed by atoms with Gasteiger partial charge in [0.2, 0.25) is 0 Å². The van der Waals surface area contributed by atoms with Crippen molar-refractivity contribution in [3.05, 3.63) is 48.0 Å². The Morgan fingerprint density at radius 2 is 1.64 bits per heavy atom. The normalized spacial score (nSPS) is 29.1. The molecule has 0 amide bonds. The van der Waals surface area contributed by atoms with E-state index in [1.165, 1.54) is 80.8 Å². The molecule has 5 rings (SSSR count). The maximum Gasteiger partial charge on any atom is 0.0233 e. The van der Waals surface area contributed by atoms with Gasteiger partial charge in [0.05, 0.1) is 0 Å². The fourth-order valence-corrected chi connectivity index (χ4v) is 6.39. The maximum absolute atomic E-state index is 2.71. The Labute approximate surface area is 152 Å². The van der Waals surface area contributed by atoms with Gasteiger partial charge in [0.1, 0.15) is 0 Å². The third-order valence-electron chi connectivity index (χ3n) is 7.78. The first-order valence-electron chi connectivity index (χ1n) is 10.5. The van der Waals surface area contributed by atoms with Crippen LogP contribution in [0.5, 0.6) is 0 Å². The van der Waals surface area contributed by atoms with Crippen LogP contribution < -0.4 is 0 Å². The lowest BCUT2D eigenvalue weighted by Crippen LogP contribution is -2.42. The first kappa shape index (κ1) is 15.9. The Balaban J connectivity index is 1.25. The summed E-state index contributed by atoms with van der Waals surface area (Å²) >= 11 is 0. The van der Waals surface area contributed by atoms with E-state index in [-0.39, 0.29) is 0 Å². The van der Waals surface area contributed by atoms with Crippen molar-refractivity contribution in [3.8, 4) is 0 Å². The molecule has 0 radical (unpaired) electrons. The average molecular weight is 334 g/mol. The van der Waals surface area contributed by atoms with E-state index >= 15 is 0 Å². The standard InChI is InChI=1S/C24H31N/c1-2-7-22-17-19(9-10-20(22)5-1)18-25-15-13-24(14-16-25)12-11-21-6-3-4-8-23(21)24/h1-2,5,7,9-10,17,21,23H,3-4,6,8,11-16,18H2. The molecule has 2 atom stereocenters. The smallest absolute Gasteiger partial charge is 0.0233 e. The molecule has 1 saturated heterocycles. The highest BCUT2D eigenvalue weighted by Crippen LogP contribution is 2.57. The number of hydrogen-bond acceptors (Lipinski definition) is 1. The zero-order valence-electron chi connectivity index (χ0n) is 15.4. The van der Waals surface area contributed by atoms with Crippen LogP contribution in [-0.4, -0.2) is 18.0 Å². The number of hydrogen-bond donors (Lipinski definition) is 0. The predicted molar refractivity (Wildman–Crippen MR) is 106 cm³/mol. The van der Waals surface area contributed by atoms with Gasteiger partial charge in [-0.15, -0.1) is 0 Å². The van der Waals surface area contributed by atoms with Crippen LogP contribution in [0.1, 0.15) is 56.9 Å². The van der Waals surface area contributed by atoms with Gasteiger partial charge in [-0.25, -0.2) is 0 Å². The summed E-state index contributed by atoms with van der Waals surface area (Å²) in [4.78, 5) is 2.71. The van der Waals surface area contributed by atoms with Gasteiger partial charge in [-0.05, 0) is 84.8 Å². The Kier molecular flexibility index (Phi) is 4.08. The number of fused-ring (bicyclic) bond motifs is 3. The zero-order valence-corrected chi connectivity index (χ0v) is 15.4. The molecule has 0 N–H and O–H groups in total. The van der Waals surface area contributed by atoms with E-state index in [0.29, 0.717) is 0 Å². The lowest BCUT2D eigenvalue weighted by molar-refractivity contribution is 0.0391. The molecule has 2 saturated carbocycles. The molecule has 2 aliphatic carbocycles. The third-order valence-corrected chi connectivity index (χ3v) is 7.78. The highest BCUT2D eigenvalue weighted by Gasteiger charge is 2.49. The highest BCUT2D eigenvalue weighted by molar-refractivity contribution is 5.82. The summed E-state index contributed by atoms with van der Waals surface area (Å²) in [6.07, 6.45) is 12.1. The SMILES string of the molecule is c1ccc2cc(CN3CCC4(CCC5CCCCC54)CC3)ccc2c1. The Hall–Kier alpha value is -1.34. The van der Waals surface area contributed by atoms with Gasteiger partial charge in [-0.2, -0.15) is 0 Å². The van der Waals surface area contributed by atoms with E-state index in [4.69, 9.17) is 0 Å². The minimum Gasteiger partial charge on any atom is -0.299 e. The van der Waals surface area contributed by atoms with Crippen molar-refractivity contribution in [2.75, 3.05) is 13.1 Å². The molecule has 1 spiro atoms. The van der Waals surface area contributed by atoms with Gasteiger partial charge >= 0.3 is 0 Å². The molecule has 3 aliphatic rings. The van der Waals surface area contributed by atoms with Crippen molar-refractivity contribution in [1.82, 2.24) is 4.90 Å². The molecule has 1 aliphatic heterocycles. The molecular formula is C24H31N. The van der Waals surface area contributed by atoms with Crippen LogP contribution in [-0.2, 0) is 6.54 Å². The molecule has 0 aromatic heterocycles. The Morgan fingerprint density at radius 3 is 2.52 bits per heavy atom. The summed E-state index contributed by atoms with van der Waals surface area (Å²) in [6, 6.07) is 15.8. The average Bonchev–Trinajstić information content (AvgIpc) is 3.02. The van der Waals surface area contributed by atoms with Gasteiger partial charge < -0.3 is 0 Å². The van der Waals surface area contributed by atoms with Crippen LogP contribution in [0.2, 0.25) is 0 Å². The predicted octanol–water partition coefficient (Wildman–Crippen LogP) is 6.02. The first-order chi connectivity index (χ1) is 12.3. The molecule has 0 bridgehead atoms. The number of likely N-dealkylation sites (tertiary alicyclic amines) is 1. The molecule has 2 aromatic rings. The van der Waals surface area contributed by atoms with Gasteiger partial charge in [0, 0.05) is 6.54 Å². The van der Waals surface area contributed by atoms with Gasteiger partial charge in [0.15, 0.2) is 0 Å². The van der Waals surface area contributed by atoms with Crippen LogP contribution in [0.3, 0.4) is 0 Å². The summed E-state index contributed by atoms with van der Waals surface area (Å²) in [5.41, 5.74) is 2.21. The molecule has 1 nitrogen and oxygen atoms in total. The second kappa shape index (κ2) is 6.43. The third kappa shape index (κ3) is 2.91. The second-order valence-electron chi connectivity index (χ2n) is 9.01. The van der Waals surface area contributed by atoms with Crippen molar-refractivity contribution < 1.29 is 0 Å². The summed E-state index contributed by atoms with van der Waals surface area (Å²) in [7, 11) is 0. The lowest BCUT2D eigenvalue weighted by Gasteiger charge is -2.45. The van der Waals surface area contributed by atoms with Crippen molar-refractivity contribution in [3.63, 3.8) is 0 Å². The maximum atomic E-state index is 2.71. The van der Waals surface area contributed by atoms with Crippen molar-refractivity contribution >= 4 is 10.8 Å². The monoisotopic (exact) mass is 333 g/mol. The van der Waals surface area contributed by atoms with Crippen LogP contribution in [0.15, 0.2) is 42.5 Å². The summed E-state index contributed by atoms with van der Waals surface area (Å²) in [5, 5.41) is 2.74. The van der Waals surface area contributed by atoms with E-state index in [1.807, 2.05) is 0 Å². The molecule has 132 valence electrons. The second-order valence-corrected chi connectivity index (χ2v) is 9.01. The molecule has 2 aromatic carbocycles. The molecule has 25 heavy (non-hydrogen) atoms. The minimum absolute atomic E-state index is 0.727. The number of piperidine rings is 1. The van der Waals surface area contributed by atoms with E-state index in [0.717, 1.165) is 23.8 Å². The van der Waals surface area contributed by atoms with E-state index < -0.39 is 0 Å². The largest absolute Gasteiger partial charge is 0.299 e. The van der Waals surface area contributed by atoms with Crippen LogP contribution in [0, 0.1) is 17.3 Å². The van der Waals surface area contributed by atoms with Crippen molar-refractivity contribution in [2.45, 2.75) is 57.9 Å². The fraction of sp³-hybridized carbons (Fsp3) is 0.583. The van der Waals surface area contributed by atoms with E-state index in [1.54, 1.807) is 0 Å². The lowest BCUT2D eigenvalue weighted by atomic mass is 9.65. The van der Waals surface area contributed by atoms with E-state index in [2.05, 4.69) is 47.4 Å². The summed E-state index contributed by atoms with van der Waals surface area (Å²) < 4.78 is 0. The first-order valence-corrected chi connectivity index (χ1v) is 10.5. The molecule has 2 unspecified atom stereocenters. The quantitative estimate of drug-likeness (QED) is 0.649. The zero-order chi connectivity index (χ0) is 16.7. The molecular weight excluding hydrogens is 302 g/mol. The molecule has 1 heterocycles. The van der Waals surface area contributed by atoms with Crippen molar-refractivity contribution in [2.24, 2.45) is 17.3 Å². The topological polar surface area (TPSA) is 3.24 Å². The van der Waals surface area contributed by atoms with Crippen LogP contribution in [0.4, 0.5) is 0 Å². The number of nitrogens with zero attached hydrogens (tertiary/aromatic N) is 1. The number of benzene rings is 2. The Morgan fingerprint density at radius 1 is 0.840 bits per heavy atom. The summed E-state index contributed by atoms with van der Waals surface area (Å²) in [6.45, 7) is 3.76. The fourth-order valence-electron chi connectivity index (χ4n) is 6.39. The summed E-state index contributed by atoms with van der Waals surface area (Å²) in [5.74, 6) is 2.16. The number of rotatable bonds is 2.